The topological polar surface area (TPSA) is 71.2 Å². The van der Waals surface area contributed by atoms with E-state index in [0.29, 0.717) is 16.9 Å². The number of carbonyl (C=O) groups excluding carboxylic acids is 1. The number of nitrogen functional groups attached to an aromatic ring is 1. The van der Waals surface area contributed by atoms with Crippen molar-refractivity contribution in [1.29, 1.82) is 0 Å². The molecular formula is C25H30N4OS. The highest BCUT2D eigenvalue weighted by atomic mass is 32.1. The van der Waals surface area contributed by atoms with Gasteiger partial charge in [-0.1, -0.05) is 26.0 Å². The van der Waals surface area contributed by atoms with Crippen LogP contribution in [-0.4, -0.2) is 23.0 Å². The number of hydrogen-bond donors (Lipinski definition) is 2. The lowest BCUT2D eigenvalue weighted by atomic mass is 9.82. The smallest absolute Gasteiger partial charge is 0.257 e. The molecule has 6 heteroatoms. The van der Waals surface area contributed by atoms with Gasteiger partial charge < -0.3 is 16.0 Å². The van der Waals surface area contributed by atoms with E-state index >= 15 is 0 Å². The molecule has 1 fully saturated rings. The lowest BCUT2D eigenvalue weighted by Gasteiger charge is -2.47. The predicted molar refractivity (Wildman–Crippen MR) is 131 cm³/mol. The minimum Gasteiger partial charge on any atom is -0.397 e. The number of hydrogen-bond acceptors (Lipinski definition) is 5. The summed E-state index contributed by atoms with van der Waals surface area (Å²) in [5.74, 6) is 0.754. The molecule has 1 aliphatic rings. The molecule has 0 unspecified atom stereocenters. The molecule has 1 aliphatic heterocycles. The van der Waals surface area contributed by atoms with E-state index in [-0.39, 0.29) is 11.4 Å². The van der Waals surface area contributed by atoms with Gasteiger partial charge in [-0.2, -0.15) is 0 Å². The number of amides is 1. The molecule has 3 heterocycles. The van der Waals surface area contributed by atoms with Gasteiger partial charge in [-0.3, -0.25) is 4.79 Å². The summed E-state index contributed by atoms with van der Waals surface area (Å²) in [5, 5.41) is 4.99. The van der Waals surface area contributed by atoms with Gasteiger partial charge in [0.05, 0.1) is 16.9 Å². The van der Waals surface area contributed by atoms with Crippen LogP contribution in [0.4, 0.5) is 17.2 Å². The summed E-state index contributed by atoms with van der Waals surface area (Å²) in [4.78, 5) is 21.1. The van der Waals surface area contributed by atoms with Crippen LogP contribution < -0.4 is 16.0 Å². The second-order valence-electron chi connectivity index (χ2n) is 8.18. The SMILES string of the molecule is CCC1(CC)CCCCN1c1ccc(C(=O)Nc2cc(-c3cccs3)ccc2N)cn1. The van der Waals surface area contributed by atoms with Crippen molar-refractivity contribution in [3.8, 4) is 10.4 Å². The maximum Gasteiger partial charge on any atom is 0.257 e. The van der Waals surface area contributed by atoms with Crippen molar-refractivity contribution in [2.75, 3.05) is 22.5 Å². The molecule has 0 saturated carbocycles. The fourth-order valence-electron chi connectivity index (χ4n) is 4.57. The van der Waals surface area contributed by atoms with Crippen molar-refractivity contribution in [2.45, 2.75) is 51.5 Å². The Hall–Kier alpha value is -2.86. The lowest BCUT2D eigenvalue weighted by molar-refractivity contribution is 0.102. The normalized spacial score (nSPS) is 15.6. The van der Waals surface area contributed by atoms with E-state index in [1.165, 1.54) is 19.3 Å². The number of aromatic nitrogens is 1. The number of pyridine rings is 1. The third kappa shape index (κ3) is 4.30. The van der Waals surface area contributed by atoms with Gasteiger partial charge in [0.2, 0.25) is 0 Å². The summed E-state index contributed by atoms with van der Waals surface area (Å²) in [6, 6.07) is 13.6. The van der Waals surface area contributed by atoms with E-state index in [2.05, 4.69) is 35.1 Å². The van der Waals surface area contributed by atoms with Crippen LogP contribution in [0.3, 0.4) is 0 Å². The van der Waals surface area contributed by atoms with Crippen molar-refractivity contribution in [2.24, 2.45) is 0 Å². The molecule has 1 aromatic carbocycles. The van der Waals surface area contributed by atoms with E-state index < -0.39 is 0 Å². The lowest BCUT2D eigenvalue weighted by Crippen LogP contribution is -2.51. The Labute approximate surface area is 188 Å². The number of piperidine rings is 1. The van der Waals surface area contributed by atoms with Crippen LogP contribution in [0.1, 0.15) is 56.3 Å². The highest BCUT2D eigenvalue weighted by Gasteiger charge is 2.36. The summed E-state index contributed by atoms with van der Waals surface area (Å²) in [7, 11) is 0. The molecule has 31 heavy (non-hydrogen) atoms. The second kappa shape index (κ2) is 9.10. The van der Waals surface area contributed by atoms with Crippen LogP contribution in [-0.2, 0) is 0 Å². The molecule has 5 nitrogen and oxygen atoms in total. The Morgan fingerprint density at radius 1 is 1.19 bits per heavy atom. The zero-order valence-electron chi connectivity index (χ0n) is 18.2. The molecule has 1 saturated heterocycles. The van der Waals surface area contributed by atoms with Crippen LogP contribution in [0.2, 0.25) is 0 Å². The van der Waals surface area contributed by atoms with Gasteiger partial charge in [0.15, 0.2) is 0 Å². The van der Waals surface area contributed by atoms with E-state index in [4.69, 9.17) is 5.73 Å². The maximum atomic E-state index is 12.9. The molecule has 0 aliphatic carbocycles. The summed E-state index contributed by atoms with van der Waals surface area (Å²) in [5.41, 5.74) is 9.02. The molecule has 3 N–H and O–H groups in total. The maximum absolute atomic E-state index is 12.9. The van der Waals surface area contributed by atoms with Gasteiger partial charge in [-0.15, -0.1) is 11.3 Å². The van der Waals surface area contributed by atoms with Crippen molar-refractivity contribution < 1.29 is 4.79 Å². The molecule has 1 amide bonds. The Bertz CT molecular complexity index is 1030. The molecule has 0 spiro atoms. The third-order valence-electron chi connectivity index (χ3n) is 6.56. The Balaban J connectivity index is 1.52. The van der Waals surface area contributed by atoms with Gasteiger partial charge in [-0.25, -0.2) is 4.98 Å². The summed E-state index contributed by atoms with van der Waals surface area (Å²) in [6.07, 6.45) is 7.54. The first-order valence-electron chi connectivity index (χ1n) is 11.0. The number of anilines is 3. The van der Waals surface area contributed by atoms with Crippen LogP contribution in [0, 0.1) is 0 Å². The van der Waals surface area contributed by atoms with Crippen molar-refractivity contribution in [1.82, 2.24) is 4.98 Å². The minimum atomic E-state index is -0.204. The first kappa shape index (κ1) is 21.4. The predicted octanol–water partition coefficient (Wildman–Crippen LogP) is 6.19. The van der Waals surface area contributed by atoms with Crippen LogP contribution >= 0.6 is 11.3 Å². The number of nitrogens with zero attached hydrogens (tertiary/aromatic N) is 2. The van der Waals surface area contributed by atoms with E-state index in [1.807, 2.05) is 41.8 Å². The first-order valence-corrected chi connectivity index (χ1v) is 11.9. The monoisotopic (exact) mass is 434 g/mol. The molecule has 0 atom stereocenters. The van der Waals surface area contributed by atoms with Gasteiger partial charge in [-0.05, 0) is 73.4 Å². The largest absolute Gasteiger partial charge is 0.397 e. The number of carbonyl (C=O) groups is 1. The van der Waals surface area contributed by atoms with Gasteiger partial charge in [0.1, 0.15) is 5.82 Å². The number of nitrogens with one attached hydrogen (secondary N) is 1. The van der Waals surface area contributed by atoms with Crippen molar-refractivity contribution in [3.63, 3.8) is 0 Å². The zero-order valence-corrected chi connectivity index (χ0v) is 19.0. The Kier molecular flexibility index (Phi) is 6.28. The molecule has 0 bridgehead atoms. The quantitative estimate of drug-likeness (QED) is 0.454. The van der Waals surface area contributed by atoms with Crippen LogP contribution in [0.5, 0.6) is 0 Å². The van der Waals surface area contributed by atoms with E-state index in [0.717, 1.165) is 35.6 Å². The van der Waals surface area contributed by atoms with Crippen LogP contribution in [0.25, 0.3) is 10.4 Å². The fourth-order valence-corrected chi connectivity index (χ4v) is 5.30. The fraction of sp³-hybridized carbons (Fsp3) is 0.360. The average Bonchev–Trinajstić information content (AvgIpc) is 3.35. The molecule has 3 aromatic rings. The molecule has 0 radical (unpaired) electrons. The van der Waals surface area contributed by atoms with Crippen molar-refractivity contribution in [3.05, 3.63) is 59.6 Å². The number of thiophene rings is 1. The molecule has 4 rings (SSSR count). The zero-order chi connectivity index (χ0) is 21.8. The number of benzene rings is 1. The van der Waals surface area contributed by atoms with Crippen molar-refractivity contribution >= 4 is 34.4 Å². The molecule has 2 aromatic heterocycles. The summed E-state index contributed by atoms with van der Waals surface area (Å²) in [6.45, 7) is 5.54. The second-order valence-corrected chi connectivity index (χ2v) is 9.13. The van der Waals surface area contributed by atoms with Gasteiger partial charge >= 0.3 is 0 Å². The highest BCUT2D eigenvalue weighted by Crippen LogP contribution is 2.37. The summed E-state index contributed by atoms with van der Waals surface area (Å²) < 4.78 is 0. The van der Waals surface area contributed by atoms with E-state index in [9.17, 15) is 4.79 Å². The number of nitrogens with two attached hydrogens (primary N) is 1. The Morgan fingerprint density at radius 3 is 2.71 bits per heavy atom. The van der Waals surface area contributed by atoms with E-state index in [1.54, 1.807) is 17.5 Å². The third-order valence-corrected chi connectivity index (χ3v) is 7.48. The first-order chi connectivity index (χ1) is 15.1. The molecular weight excluding hydrogens is 404 g/mol. The highest BCUT2D eigenvalue weighted by molar-refractivity contribution is 7.13. The average molecular weight is 435 g/mol. The summed E-state index contributed by atoms with van der Waals surface area (Å²) >= 11 is 1.66. The van der Waals surface area contributed by atoms with Gasteiger partial charge in [0, 0.05) is 23.2 Å². The van der Waals surface area contributed by atoms with Crippen LogP contribution in [0.15, 0.2) is 54.0 Å². The Morgan fingerprint density at radius 2 is 2.03 bits per heavy atom. The molecule has 162 valence electrons. The standard InChI is InChI=1S/C25H30N4OS/c1-3-25(4-2)13-5-6-14-29(25)23-12-10-19(17-27-23)24(30)28-21-16-18(9-11-20(21)26)22-8-7-15-31-22/h7-12,15-17H,3-6,13-14,26H2,1-2H3,(H,28,30). The number of rotatable bonds is 6. The van der Waals surface area contributed by atoms with Gasteiger partial charge in [0.25, 0.3) is 5.91 Å². The minimum absolute atomic E-state index is 0.172.